The number of halogens is 2. The van der Waals surface area contributed by atoms with Crippen LogP contribution in [-0.4, -0.2) is 19.0 Å². The molecule has 18 heavy (non-hydrogen) atoms. The Morgan fingerprint density at radius 3 is 2.50 bits per heavy atom. The van der Waals surface area contributed by atoms with Gasteiger partial charge in [-0.3, -0.25) is 4.79 Å². The smallest absolute Gasteiger partial charge is 0.166 e. The number of hydrogen-bond acceptors (Lipinski definition) is 2. The maximum Gasteiger partial charge on any atom is 0.166 e. The second kappa shape index (κ2) is 5.81. The van der Waals surface area contributed by atoms with Gasteiger partial charge in [-0.2, -0.15) is 0 Å². The Morgan fingerprint density at radius 2 is 2.06 bits per heavy atom. The minimum atomic E-state index is -0.485. The molecule has 0 saturated heterocycles. The second-order valence-electron chi connectivity index (χ2n) is 5.37. The lowest BCUT2D eigenvalue weighted by atomic mass is 9.84. The molecule has 2 nitrogen and oxygen atoms in total. The molecule has 1 atom stereocenters. The summed E-state index contributed by atoms with van der Waals surface area (Å²) in [5.74, 6) is -0.514. The zero-order valence-corrected chi connectivity index (χ0v) is 11.8. The topological polar surface area (TPSA) is 26.3 Å². The van der Waals surface area contributed by atoms with E-state index in [1.807, 2.05) is 20.8 Å². The van der Waals surface area contributed by atoms with Gasteiger partial charge in [0.2, 0.25) is 0 Å². The molecule has 1 aromatic carbocycles. The average Bonchev–Trinajstić information content (AvgIpc) is 2.22. The molecular formula is C14H18ClFO2. The van der Waals surface area contributed by atoms with Gasteiger partial charge in [0.05, 0.1) is 5.02 Å². The first-order valence-electron chi connectivity index (χ1n) is 5.75. The van der Waals surface area contributed by atoms with E-state index in [-0.39, 0.29) is 22.6 Å². The predicted octanol–water partition coefficient (Wildman–Crippen LogP) is 3.65. The summed E-state index contributed by atoms with van der Waals surface area (Å²) in [5.41, 5.74) is 0.424. The van der Waals surface area contributed by atoms with Crippen molar-refractivity contribution < 1.29 is 13.9 Å². The van der Waals surface area contributed by atoms with Crippen LogP contribution in [0.4, 0.5) is 4.39 Å². The first-order valence-corrected chi connectivity index (χ1v) is 6.13. The van der Waals surface area contributed by atoms with Crippen molar-refractivity contribution in [2.45, 2.75) is 33.3 Å². The van der Waals surface area contributed by atoms with Gasteiger partial charge in [-0.05, 0) is 23.1 Å². The normalized spacial score (nSPS) is 13.4. The minimum absolute atomic E-state index is 0.0324. The Kier molecular flexibility index (Phi) is 4.88. The minimum Gasteiger partial charge on any atom is -0.373 e. The number of Topliss-reactive ketones (excluding diaryl/α,β-unsaturated/α-hetero) is 1. The van der Waals surface area contributed by atoms with Crippen molar-refractivity contribution >= 4 is 17.4 Å². The third-order valence-electron chi connectivity index (χ3n) is 2.68. The van der Waals surface area contributed by atoms with Gasteiger partial charge in [0.15, 0.2) is 5.78 Å². The Hall–Kier alpha value is -0.930. The van der Waals surface area contributed by atoms with Crippen LogP contribution in [0.5, 0.6) is 0 Å². The Balaban J connectivity index is 2.83. The number of methoxy groups -OCH3 is 1. The van der Waals surface area contributed by atoms with E-state index in [1.165, 1.54) is 19.2 Å². The molecule has 0 saturated carbocycles. The maximum atomic E-state index is 13.0. The Bertz CT molecular complexity index is 438. The number of ketones is 1. The van der Waals surface area contributed by atoms with Crippen LogP contribution in [0.15, 0.2) is 18.2 Å². The van der Waals surface area contributed by atoms with Crippen LogP contribution >= 0.6 is 11.6 Å². The molecule has 0 radical (unpaired) electrons. The highest BCUT2D eigenvalue weighted by Crippen LogP contribution is 2.24. The molecule has 0 bridgehead atoms. The van der Waals surface area contributed by atoms with E-state index in [9.17, 15) is 9.18 Å². The average molecular weight is 273 g/mol. The lowest BCUT2D eigenvalue weighted by molar-refractivity contribution is -0.134. The highest BCUT2D eigenvalue weighted by Gasteiger charge is 2.30. The van der Waals surface area contributed by atoms with Crippen LogP contribution in [0.3, 0.4) is 0 Å². The molecule has 0 N–H and O–H groups in total. The quantitative estimate of drug-likeness (QED) is 0.836. The van der Waals surface area contributed by atoms with Gasteiger partial charge in [0.1, 0.15) is 11.9 Å². The van der Waals surface area contributed by atoms with Crippen LogP contribution in [-0.2, 0) is 16.0 Å². The number of rotatable bonds is 4. The standard InChI is InChI=1S/C14H18ClFO2/c1-14(2,3)13(18-4)12(17)8-9-5-6-11(16)10(15)7-9/h5-7,13H,8H2,1-4H3. The zero-order valence-electron chi connectivity index (χ0n) is 11.1. The summed E-state index contributed by atoms with van der Waals surface area (Å²) in [6, 6.07) is 4.31. The largest absolute Gasteiger partial charge is 0.373 e. The molecule has 0 aromatic heterocycles. The summed E-state index contributed by atoms with van der Waals surface area (Å²) < 4.78 is 18.3. The van der Waals surface area contributed by atoms with Crippen molar-refractivity contribution in [1.82, 2.24) is 0 Å². The van der Waals surface area contributed by atoms with Crippen molar-refractivity contribution in [2.24, 2.45) is 5.41 Å². The fourth-order valence-electron chi connectivity index (χ4n) is 1.91. The van der Waals surface area contributed by atoms with E-state index in [1.54, 1.807) is 6.07 Å². The molecule has 0 aliphatic heterocycles. The summed E-state index contributed by atoms with van der Waals surface area (Å²) in [4.78, 5) is 12.1. The first-order chi connectivity index (χ1) is 8.25. The van der Waals surface area contributed by atoms with Gasteiger partial charge in [-0.15, -0.1) is 0 Å². The highest BCUT2D eigenvalue weighted by atomic mass is 35.5. The van der Waals surface area contributed by atoms with Crippen molar-refractivity contribution in [3.05, 3.63) is 34.6 Å². The zero-order chi connectivity index (χ0) is 13.9. The lowest BCUT2D eigenvalue weighted by Gasteiger charge is -2.28. The molecule has 0 fully saturated rings. The number of hydrogen-bond donors (Lipinski definition) is 0. The first kappa shape index (κ1) is 15.1. The van der Waals surface area contributed by atoms with Gasteiger partial charge < -0.3 is 4.74 Å². The van der Waals surface area contributed by atoms with Gasteiger partial charge in [0, 0.05) is 13.5 Å². The van der Waals surface area contributed by atoms with Crippen molar-refractivity contribution in [1.29, 1.82) is 0 Å². The fourth-order valence-corrected chi connectivity index (χ4v) is 2.11. The van der Waals surface area contributed by atoms with Gasteiger partial charge in [0.25, 0.3) is 0 Å². The molecule has 0 spiro atoms. The summed E-state index contributed by atoms with van der Waals surface area (Å²) in [5, 5.41) is 0.0324. The number of carbonyl (C=O) groups excluding carboxylic acids is 1. The van der Waals surface area contributed by atoms with Crippen LogP contribution in [0.1, 0.15) is 26.3 Å². The van der Waals surface area contributed by atoms with E-state index in [4.69, 9.17) is 16.3 Å². The maximum absolute atomic E-state index is 13.0. The van der Waals surface area contributed by atoms with E-state index >= 15 is 0 Å². The van der Waals surface area contributed by atoms with Crippen LogP contribution < -0.4 is 0 Å². The predicted molar refractivity (Wildman–Crippen MR) is 70.4 cm³/mol. The molecule has 100 valence electrons. The van der Waals surface area contributed by atoms with Crippen molar-refractivity contribution in [3.63, 3.8) is 0 Å². The van der Waals surface area contributed by atoms with Crippen molar-refractivity contribution in [3.8, 4) is 0 Å². The van der Waals surface area contributed by atoms with Crippen LogP contribution in [0, 0.1) is 11.2 Å². The summed E-state index contributed by atoms with van der Waals surface area (Å²) >= 11 is 5.68. The van der Waals surface area contributed by atoms with E-state index in [0.717, 1.165) is 0 Å². The summed E-state index contributed by atoms with van der Waals surface area (Å²) in [6.07, 6.45) is -0.295. The monoisotopic (exact) mass is 272 g/mol. The molecule has 1 aromatic rings. The Morgan fingerprint density at radius 1 is 1.44 bits per heavy atom. The molecule has 0 heterocycles. The molecule has 0 aliphatic rings. The fraction of sp³-hybridized carbons (Fsp3) is 0.500. The van der Waals surface area contributed by atoms with Gasteiger partial charge >= 0.3 is 0 Å². The highest BCUT2D eigenvalue weighted by molar-refractivity contribution is 6.30. The summed E-state index contributed by atoms with van der Waals surface area (Å²) in [7, 11) is 1.52. The number of carbonyl (C=O) groups is 1. The van der Waals surface area contributed by atoms with Crippen LogP contribution in [0.2, 0.25) is 5.02 Å². The van der Waals surface area contributed by atoms with Gasteiger partial charge in [-0.1, -0.05) is 38.4 Å². The SMILES string of the molecule is COC(C(=O)Cc1ccc(F)c(Cl)c1)C(C)(C)C. The molecule has 4 heteroatoms. The number of benzene rings is 1. The second-order valence-corrected chi connectivity index (χ2v) is 5.78. The Labute approximate surface area is 112 Å². The number of ether oxygens (including phenoxy) is 1. The molecule has 1 unspecified atom stereocenters. The molecular weight excluding hydrogens is 255 g/mol. The molecule has 0 amide bonds. The van der Waals surface area contributed by atoms with E-state index in [2.05, 4.69) is 0 Å². The molecule has 1 rings (SSSR count). The van der Waals surface area contributed by atoms with E-state index in [0.29, 0.717) is 5.56 Å². The van der Waals surface area contributed by atoms with Crippen molar-refractivity contribution in [2.75, 3.05) is 7.11 Å². The molecule has 0 aliphatic carbocycles. The van der Waals surface area contributed by atoms with E-state index < -0.39 is 11.9 Å². The van der Waals surface area contributed by atoms with Gasteiger partial charge in [-0.25, -0.2) is 4.39 Å². The summed E-state index contributed by atoms with van der Waals surface area (Å²) in [6.45, 7) is 5.82. The van der Waals surface area contributed by atoms with Crippen LogP contribution in [0.25, 0.3) is 0 Å². The lowest BCUT2D eigenvalue weighted by Crippen LogP contribution is -2.37. The third-order valence-corrected chi connectivity index (χ3v) is 2.97. The third kappa shape index (κ3) is 3.79.